The van der Waals surface area contributed by atoms with Crippen molar-refractivity contribution >= 4 is 34.5 Å². The fourth-order valence-electron chi connectivity index (χ4n) is 2.70. The first kappa shape index (κ1) is 14.4. The highest BCUT2D eigenvalue weighted by Crippen LogP contribution is 2.32. The minimum absolute atomic E-state index is 0.0853. The van der Waals surface area contributed by atoms with Crippen LogP contribution in [0.3, 0.4) is 0 Å². The largest absolute Gasteiger partial charge is 0.326 e. The van der Waals surface area contributed by atoms with Crippen LogP contribution in [0.1, 0.15) is 12.0 Å². The predicted octanol–water partition coefficient (Wildman–Crippen LogP) is 5.02. The van der Waals surface area contributed by atoms with Crippen LogP contribution in [0.25, 0.3) is 21.8 Å². The van der Waals surface area contributed by atoms with E-state index in [-0.39, 0.29) is 5.91 Å². The van der Waals surface area contributed by atoms with Crippen molar-refractivity contribution in [1.29, 1.82) is 0 Å². The minimum Gasteiger partial charge on any atom is -0.326 e. The van der Waals surface area contributed by atoms with Crippen molar-refractivity contribution in [3.05, 3.63) is 58.4 Å². The van der Waals surface area contributed by atoms with Crippen LogP contribution in [0.5, 0.6) is 0 Å². The molecule has 0 aliphatic carbocycles. The number of nitrogens with one attached hydrogen (secondary N) is 1. The molecule has 0 bridgehead atoms. The number of thiazole rings is 1. The standard InChI is InChI=1S/C18H13ClN2OS/c19-14-3-1-2-13(9-14)18-21-16(10-23-18)12-4-6-15-11(8-12)5-7-17(22)20-15/h1-4,6,8-10H,5,7H2,(H,20,22). The average molecular weight is 341 g/mol. The molecule has 0 fully saturated rings. The van der Waals surface area contributed by atoms with Gasteiger partial charge < -0.3 is 5.32 Å². The Hall–Kier alpha value is -2.17. The number of fused-ring (bicyclic) bond motifs is 1. The first-order valence-electron chi connectivity index (χ1n) is 7.34. The Morgan fingerprint density at radius 1 is 1.09 bits per heavy atom. The Bertz CT molecular complexity index is 904. The maximum Gasteiger partial charge on any atom is 0.224 e. The Morgan fingerprint density at radius 2 is 2.00 bits per heavy atom. The zero-order valence-electron chi connectivity index (χ0n) is 12.2. The smallest absolute Gasteiger partial charge is 0.224 e. The van der Waals surface area contributed by atoms with E-state index in [0.29, 0.717) is 11.4 Å². The second-order valence-corrected chi connectivity index (χ2v) is 6.76. The summed E-state index contributed by atoms with van der Waals surface area (Å²) in [7, 11) is 0. The molecule has 1 aliphatic heterocycles. The number of halogens is 1. The molecule has 1 aromatic heterocycles. The van der Waals surface area contributed by atoms with Crippen molar-refractivity contribution in [2.24, 2.45) is 0 Å². The van der Waals surface area contributed by atoms with Crippen LogP contribution in [0.2, 0.25) is 5.02 Å². The van der Waals surface area contributed by atoms with Crippen LogP contribution in [0.15, 0.2) is 47.8 Å². The highest BCUT2D eigenvalue weighted by atomic mass is 35.5. The number of hydrogen-bond acceptors (Lipinski definition) is 3. The Kier molecular flexibility index (Phi) is 3.63. The molecule has 0 saturated carbocycles. The molecule has 2 aromatic carbocycles. The minimum atomic E-state index is 0.0853. The van der Waals surface area contributed by atoms with E-state index in [9.17, 15) is 4.79 Å². The van der Waals surface area contributed by atoms with E-state index in [1.54, 1.807) is 11.3 Å². The van der Waals surface area contributed by atoms with E-state index < -0.39 is 0 Å². The molecular weight excluding hydrogens is 328 g/mol. The van der Waals surface area contributed by atoms with Gasteiger partial charge in [0.2, 0.25) is 5.91 Å². The lowest BCUT2D eigenvalue weighted by atomic mass is 9.99. The summed E-state index contributed by atoms with van der Waals surface area (Å²) in [5, 5.41) is 6.62. The van der Waals surface area contributed by atoms with Gasteiger partial charge in [0, 0.05) is 33.6 Å². The van der Waals surface area contributed by atoms with E-state index >= 15 is 0 Å². The molecule has 0 atom stereocenters. The average Bonchev–Trinajstić information content (AvgIpc) is 3.04. The first-order valence-corrected chi connectivity index (χ1v) is 8.59. The van der Waals surface area contributed by atoms with E-state index in [1.165, 1.54) is 5.56 Å². The van der Waals surface area contributed by atoms with Crippen LogP contribution in [0.4, 0.5) is 5.69 Å². The molecule has 0 saturated heterocycles. The molecule has 0 radical (unpaired) electrons. The summed E-state index contributed by atoms with van der Waals surface area (Å²) in [6.45, 7) is 0. The van der Waals surface area contributed by atoms with E-state index in [0.717, 1.165) is 33.9 Å². The van der Waals surface area contributed by atoms with Gasteiger partial charge in [-0.15, -0.1) is 11.3 Å². The van der Waals surface area contributed by atoms with E-state index in [1.807, 2.05) is 36.4 Å². The summed E-state index contributed by atoms with van der Waals surface area (Å²) in [6, 6.07) is 13.8. The molecule has 3 nitrogen and oxygen atoms in total. The second kappa shape index (κ2) is 5.80. The van der Waals surface area contributed by atoms with Gasteiger partial charge in [0.25, 0.3) is 0 Å². The normalized spacial score (nSPS) is 13.5. The molecule has 4 rings (SSSR count). The lowest BCUT2D eigenvalue weighted by molar-refractivity contribution is -0.116. The van der Waals surface area contributed by atoms with E-state index in [4.69, 9.17) is 16.6 Å². The van der Waals surface area contributed by atoms with Gasteiger partial charge in [0.15, 0.2) is 0 Å². The highest BCUT2D eigenvalue weighted by Gasteiger charge is 2.16. The van der Waals surface area contributed by atoms with Crippen LogP contribution >= 0.6 is 22.9 Å². The molecule has 0 spiro atoms. The molecule has 1 N–H and O–H groups in total. The van der Waals surface area contributed by atoms with Gasteiger partial charge in [-0.3, -0.25) is 4.79 Å². The van der Waals surface area contributed by atoms with Gasteiger partial charge in [-0.1, -0.05) is 29.8 Å². The number of benzene rings is 2. The van der Waals surface area contributed by atoms with Gasteiger partial charge in [-0.2, -0.15) is 0 Å². The predicted molar refractivity (Wildman–Crippen MR) is 94.9 cm³/mol. The van der Waals surface area contributed by atoms with E-state index in [2.05, 4.69) is 16.8 Å². The monoisotopic (exact) mass is 340 g/mol. The fraction of sp³-hybridized carbons (Fsp3) is 0.111. The number of nitrogens with zero attached hydrogens (tertiary/aromatic N) is 1. The van der Waals surface area contributed by atoms with Crippen molar-refractivity contribution in [1.82, 2.24) is 4.98 Å². The topological polar surface area (TPSA) is 42.0 Å². The molecule has 2 heterocycles. The summed E-state index contributed by atoms with van der Waals surface area (Å²) in [5.41, 5.74) is 5.13. The summed E-state index contributed by atoms with van der Waals surface area (Å²) < 4.78 is 0. The number of anilines is 1. The third-order valence-corrected chi connectivity index (χ3v) is 5.00. The van der Waals surface area contributed by atoms with Crippen LogP contribution in [0, 0.1) is 0 Å². The van der Waals surface area contributed by atoms with Gasteiger partial charge >= 0.3 is 0 Å². The number of aryl methyl sites for hydroxylation is 1. The number of amides is 1. The maximum absolute atomic E-state index is 11.4. The first-order chi connectivity index (χ1) is 11.2. The van der Waals surface area contributed by atoms with Crippen molar-refractivity contribution in [3.8, 4) is 21.8 Å². The zero-order valence-corrected chi connectivity index (χ0v) is 13.7. The van der Waals surface area contributed by atoms with Crippen molar-refractivity contribution < 1.29 is 4.79 Å². The second-order valence-electron chi connectivity index (χ2n) is 5.47. The summed E-state index contributed by atoms with van der Waals surface area (Å²) in [4.78, 5) is 16.2. The van der Waals surface area contributed by atoms with Crippen molar-refractivity contribution in [2.45, 2.75) is 12.8 Å². The highest BCUT2D eigenvalue weighted by molar-refractivity contribution is 7.13. The Balaban J connectivity index is 1.68. The molecule has 0 unspecified atom stereocenters. The molecule has 3 aromatic rings. The quantitative estimate of drug-likeness (QED) is 0.712. The summed E-state index contributed by atoms with van der Waals surface area (Å²) >= 11 is 7.66. The van der Waals surface area contributed by atoms with Gasteiger partial charge in [-0.25, -0.2) is 4.98 Å². The SMILES string of the molecule is O=C1CCc2cc(-c3csc(-c4cccc(Cl)c4)n3)ccc2N1. The van der Waals surface area contributed by atoms with Gasteiger partial charge in [-0.05, 0) is 36.2 Å². The fourth-order valence-corrected chi connectivity index (χ4v) is 3.72. The third-order valence-electron chi connectivity index (χ3n) is 3.87. The molecule has 114 valence electrons. The van der Waals surface area contributed by atoms with Crippen LogP contribution in [-0.2, 0) is 11.2 Å². The van der Waals surface area contributed by atoms with Crippen molar-refractivity contribution in [3.63, 3.8) is 0 Å². The molecule has 5 heteroatoms. The summed E-state index contributed by atoms with van der Waals surface area (Å²) in [5.74, 6) is 0.0853. The zero-order chi connectivity index (χ0) is 15.8. The third kappa shape index (κ3) is 2.87. The molecule has 1 aliphatic rings. The lowest BCUT2D eigenvalue weighted by Crippen LogP contribution is -2.18. The number of rotatable bonds is 2. The number of carbonyl (C=O) groups excluding carboxylic acids is 1. The maximum atomic E-state index is 11.4. The number of aromatic nitrogens is 1. The molecule has 1 amide bonds. The van der Waals surface area contributed by atoms with Crippen LogP contribution in [-0.4, -0.2) is 10.9 Å². The Labute approximate surface area is 143 Å². The van der Waals surface area contributed by atoms with Crippen LogP contribution < -0.4 is 5.32 Å². The Morgan fingerprint density at radius 3 is 2.87 bits per heavy atom. The van der Waals surface area contributed by atoms with Crippen molar-refractivity contribution in [2.75, 3.05) is 5.32 Å². The number of carbonyl (C=O) groups is 1. The molecular formula is C18H13ClN2OS. The molecule has 23 heavy (non-hydrogen) atoms. The lowest BCUT2D eigenvalue weighted by Gasteiger charge is -2.17. The summed E-state index contributed by atoms with van der Waals surface area (Å²) in [6.07, 6.45) is 1.32. The van der Waals surface area contributed by atoms with Gasteiger partial charge in [0.1, 0.15) is 5.01 Å². The number of hydrogen-bond donors (Lipinski definition) is 1. The van der Waals surface area contributed by atoms with Gasteiger partial charge in [0.05, 0.1) is 5.69 Å².